The van der Waals surface area contributed by atoms with Gasteiger partial charge in [0.25, 0.3) is 0 Å². The number of rotatable bonds is 4. The number of hydrogen-bond donors (Lipinski definition) is 2. The molecule has 1 aliphatic carbocycles. The highest BCUT2D eigenvalue weighted by atomic mass is 16.5. The molecule has 4 atom stereocenters. The van der Waals surface area contributed by atoms with E-state index in [2.05, 4.69) is 51.9 Å². The summed E-state index contributed by atoms with van der Waals surface area (Å²) < 4.78 is 5.44. The summed E-state index contributed by atoms with van der Waals surface area (Å²) >= 11 is 0. The highest BCUT2D eigenvalue weighted by molar-refractivity contribution is 5.82. The highest BCUT2D eigenvalue weighted by Crippen LogP contribution is 2.45. The van der Waals surface area contributed by atoms with Crippen LogP contribution in [0.4, 0.5) is 0 Å². The Morgan fingerprint density at radius 3 is 2.70 bits per heavy atom. The van der Waals surface area contributed by atoms with Crippen LogP contribution in [-0.4, -0.2) is 55.1 Å². The van der Waals surface area contributed by atoms with Crippen molar-refractivity contribution in [2.45, 2.75) is 75.3 Å². The summed E-state index contributed by atoms with van der Waals surface area (Å²) in [7, 11) is 1.67. The summed E-state index contributed by atoms with van der Waals surface area (Å²) in [5.41, 5.74) is 3.49. The van der Waals surface area contributed by atoms with Crippen molar-refractivity contribution in [2.24, 2.45) is 11.8 Å². The van der Waals surface area contributed by atoms with E-state index in [1.807, 2.05) is 6.07 Å². The van der Waals surface area contributed by atoms with Crippen LogP contribution in [0.15, 0.2) is 42.5 Å². The van der Waals surface area contributed by atoms with Crippen LogP contribution < -0.4 is 15.4 Å². The summed E-state index contributed by atoms with van der Waals surface area (Å²) in [5, 5.41) is 7.20. The van der Waals surface area contributed by atoms with Crippen LogP contribution in [0.3, 0.4) is 0 Å². The number of pyridine rings is 1. The first kappa shape index (κ1) is 24.9. The number of methoxy groups -OCH3 is 1. The van der Waals surface area contributed by atoms with E-state index < -0.39 is 0 Å². The molecular weight excluding hydrogens is 460 g/mol. The Bertz CT molecular complexity index is 1090. The maximum Gasteiger partial charge on any atom is 0.228 e. The van der Waals surface area contributed by atoms with Crippen molar-refractivity contribution >= 4 is 5.91 Å². The number of carbonyl (C=O) groups is 1. The fraction of sp³-hybridized carbons (Fsp3) is 0.613. The summed E-state index contributed by atoms with van der Waals surface area (Å²) in [4.78, 5) is 21.8. The van der Waals surface area contributed by atoms with Crippen LogP contribution in [0.2, 0.25) is 0 Å². The molecule has 2 saturated heterocycles. The second-order valence-electron chi connectivity index (χ2n) is 11.7. The molecule has 6 heteroatoms. The summed E-state index contributed by atoms with van der Waals surface area (Å²) in [6.07, 6.45) is 9.59. The molecule has 1 amide bonds. The predicted molar refractivity (Wildman–Crippen MR) is 146 cm³/mol. The average molecular weight is 503 g/mol. The highest BCUT2D eigenvalue weighted by Gasteiger charge is 2.52. The van der Waals surface area contributed by atoms with E-state index >= 15 is 0 Å². The monoisotopic (exact) mass is 502 g/mol. The van der Waals surface area contributed by atoms with Gasteiger partial charge in [0.1, 0.15) is 0 Å². The Labute approximate surface area is 221 Å². The van der Waals surface area contributed by atoms with Crippen LogP contribution in [-0.2, 0) is 16.8 Å². The number of fused-ring (bicyclic) bond motifs is 2. The van der Waals surface area contributed by atoms with E-state index in [9.17, 15) is 4.79 Å². The van der Waals surface area contributed by atoms with Gasteiger partial charge in [0.05, 0.1) is 18.7 Å². The molecule has 0 unspecified atom stereocenters. The molecule has 0 bridgehead atoms. The molecule has 2 N–H and O–H groups in total. The zero-order valence-corrected chi connectivity index (χ0v) is 22.3. The van der Waals surface area contributed by atoms with E-state index in [1.54, 1.807) is 7.11 Å². The molecule has 3 fully saturated rings. The van der Waals surface area contributed by atoms with E-state index in [0.717, 1.165) is 57.7 Å². The predicted octanol–water partition coefficient (Wildman–Crippen LogP) is 4.40. The lowest BCUT2D eigenvalue weighted by Gasteiger charge is -2.47. The quantitative estimate of drug-likeness (QED) is 0.649. The fourth-order valence-electron chi connectivity index (χ4n) is 7.93. The molecule has 37 heavy (non-hydrogen) atoms. The number of carbonyl (C=O) groups excluding carboxylic acids is 1. The number of hydrogen-bond acceptors (Lipinski definition) is 5. The van der Waals surface area contributed by atoms with Crippen LogP contribution in [0, 0.1) is 11.8 Å². The van der Waals surface area contributed by atoms with E-state index in [1.165, 1.54) is 43.2 Å². The van der Waals surface area contributed by atoms with Gasteiger partial charge in [-0.25, -0.2) is 4.98 Å². The smallest absolute Gasteiger partial charge is 0.228 e. The molecule has 3 aliphatic heterocycles. The van der Waals surface area contributed by atoms with Gasteiger partial charge in [-0.15, -0.1) is 0 Å². The number of amides is 1. The Hall–Kier alpha value is -2.44. The largest absolute Gasteiger partial charge is 0.481 e. The van der Waals surface area contributed by atoms with Crippen molar-refractivity contribution < 1.29 is 9.53 Å². The molecule has 4 heterocycles. The second-order valence-corrected chi connectivity index (χ2v) is 11.7. The molecular formula is C31H42N4O2. The zero-order chi connectivity index (χ0) is 25.2. The third-order valence-electron chi connectivity index (χ3n) is 9.88. The topological polar surface area (TPSA) is 66.5 Å². The SMILES string of the molecule is COc1ccc2c(n1)CNCC[C@]21CNC[C@H]1C(=O)N1CC[C@@H](c2ccccc2)C[C@H]1C1CCCCC1. The van der Waals surface area contributed by atoms with Gasteiger partial charge < -0.3 is 20.3 Å². The van der Waals surface area contributed by atoms with Crippen molar-refractivity contribution in [3.05, 3.63) is 59.3 Å². The minimum atomic E-state index is -0.220. The van der Waals surface area contributed by atoms with E-state index in [4.69, 9.17) is 9.72 Å². The number of benzene rings is 1. The van der Waals surface area contributed by atoms with Gasteiger partial charge in [0, 0.05) is 43.7 Å². The summed E-state index contributed by atoms with van der Waals surface area (Å²) in [6, 6.07) is 15.5. The minimum absolute atomic E-state index is 0.0549. The molecule has 6 rings (SSSR count). The van der Waals surface area contributed by atoms with E-state index in [-0.39, 0.29) is 11.3 Å². The molecule has 198 valence electrons. The Balaban J connectivity index is 1.31. The molecule has 1 aromatic heterocycles. The third kappa shape index (κ3) is 4.67. The lowest BCUT2D eigenvalue weighted by molar-refractivity contribution is -0.142. The Morgan fingerprint density at radius 2 is 1.89 bits per heavy atom. The lowest BCUT2D eigenvalue weighted by Crippen LogP contribution is -2.55. The number of aromatic nitrogens is 1. The van der Waals surface area contributed by atoms with Gasteiger partial charge in [0.2, 0.25) is 11.8 Å². The van der Waals surface area contributed by atoms with Crippen molar-refractivity contribution in [2.75, 3.05) is 33.3 Å². The average Bonchev–Trinajstić information content (AvgIpc) is 3.31. The normalized spacial score (nSPS) is 30.6. The Kier molecular flexibility index (Phi) is 7.22. The number of nitrogens with one attached hydrogen (secondary N) is 2. The maximum atomic E-state index is 14.6. The molecule has 1 aromatic carbocycles. The van der Waals surface area contributed by atoms with Gasteiger partial charge in [-0.3, -0.25) is 4.79 Å². The van der Waals surface area contributed by atoms with Gasteiger partial charge in [-0.2, -0.15) is 0 Å². The first-order valence-electron chi connectivity index (χ1n) is 14.5. The van der Waals surface area contributed by atoms with Crippen LogP contribution in [0.1, 0.15) is 74.1 Å². The summed E-state index contributed by atoms with van der Waals surface area (Å²) in [6.45, 7) is 4.08. The lowest BCUT2D eigenvalue weighted by atomic mass is 9.68. The summed E-state index contributed by atoms with van der Waals surface area (Å²) in [5.74, 6) is 2.14. The molecule has 2 aromatic rings. The van der Waals surface area contributed by atoms with Crippen LogP contribution in [0.25, 0.3) is 0 Å². The maximum absolute atomic E-state index is 14.6. The number of nitrogens with zero attached hydrogens (tertiary/aromatic N) is 2. The zero-order valence-electron chi connectivity index (χ0n) is 22.3. The number of likely N-dealkylation sites (tertiary alicyclic amines) is 1. The standard InChI is InChI=1S/C31H42N4O2/c1-37-29-13-12-25-27(34-29)20-32-16-15-31(25)21-33-19-26(31)30(36)35-17-14-24(22-8-4-2-5-9-22)18-28(35)23-10-6-3-7-11-23/h2,4-5,8-9,12-13,23-24,26,28,32-33H,3,6-7,10-11,14-21H2,1H3/t24-,26+,28+,31+/m1/s1. The Morgan fingerprint density at radius 1 is 1.05 bits per heavy atom. The first-order chi connectivity index (χ1) is 18.2. The van der Waals surface area contributed by atoms with Crippen molar-refractivity contribution in [1.29, 1.82) is 0 Å². The van der Waals surface area contributed by atoms with Crippen LogP contribution in [0.5, 0.6) is 5.88 Å². The number of piperidine rings is 1. The van der Waals surface area contributed by atoms with Gasteiger partial charge in [-0.1, -0.05) is 55.7 Å². The number of ether oxygens (including phenoxy) is 1. The van der Waals surface area contributed by atoms with E-state index in [0.29, 0.717) is 29.7 Å². The van der Waals surface area contributed by atoms with Gasteiger partial charge >= 0.3 is 0 Å². The van der Waals surface area contributed by atoms with Gasteiger partial charge in [-0.05, 0) is 61.6 Å². The molecule has 6 nitrogen and oxygen atoms in total. The first-order valence-corrected chi connectivity index (χ1v) is 14.5. The van der Waals surface area contributed by atoms with Crippen molar-refractivity contribution in [3.63, 3.8) is 0 Å². The van der Waals surface area contributed by atoms with Gasteiger partial charge in [0.15, 0.2) is 0 Å². The van der Waals surface area contributed by atoms with Crippen molar-refractivity contribution in [3.8, 4) is 5.88 Å². The second kappa shape index (κ2) is 10.7. The molecule has 0 radical (unpaired) electrons. The molecule has 1 saturated carbocycles. The van der Waals surface area contributed by atoms with Crippen LogP contribution >= 0.6 is 0 Å². The molecule has 4 aliphatic rings. The minimum Gasteiger partial charge on any atom is -0.481 e. The third-order valence-corrected chi connectivity index (χ3v) is 9.88. The fourth-order valence-corrected chi connectivity index (χ4v) is 7.93. The molecule has 1 spiro atoms. The van der Waals surface area contributed by atoms with Crippen molar-refractivity contribution in [1.82, 2.24) is 20.5 Å².